The highest BCUT2D eigenvalue weighted by molar-refractivity contribution is 5.96. The van der Waals surface area contributed by atoms with E-state index < -0.39 is 0 Å². The monoisotopic (exact) mass is 286 g/mol. The molecule has 1 heterocycles. The molecule has 0 bridgehead atoms. The molecular formula is C17H22N2O2. The van der Waals surface area contributed by atoms with Crippen LogP contribution in [0.3, 0.4) is 0 Å². The number of hydrogen-bond donors (Lipinski definition) is 2. The van der Waals surface area contributed by atoms with Crippen molar-refractivity contribution in [2.45, 2.75) is 51.0 Å². The van der Waals surface area contributed by atoms with E-state index in [1.807, 2.05) is 24.3 Å². The summed E-state index contributed by atoms with van der Waals surface area (Å²) in [6, 6.07) is 8.24. The molecule has 1 saturated carbocycles. The van der Waals surface area contributed by atoms with Gasteiger partial charge >= 0.3 is 0 Å². The van der Waals surface area contributed by atoms with Gasteiger partial charge in [0.25, 0.3) is 0 Å². The first kappa shape index (κ1) is 14.1. The van der Waals surface area contributed by atoms with E-state index in [0.29, 0.717) is 18.9 Å². The minimum atomic E-state index is -0.0887. The lowest BCUT2D eigenvalue weighted by Crippen LogP contribution is -2.34. The molecule has 1 aliphatic carbocycles. The molecular weight excluding hydrogens is 264 g/mol. The summed E-state index contributed by atoms with van der Waals surface area (Å²) in [6.07, 6.45) is 6.43. The minimum absolute atomic E-state index is 0.0439. The molecule has 1 aliphatic heterocycles. The largest absolute Gasteiger partial charge is 0.353 e. The summed E-state index contributed by atoms with van der Waals surface area (Å²) >= 11 is 0. The lowest BCUT2D eigenvalue weighted by molar-refractivity contribution is -0.123. The summed E-state index contributed by atoms with van der Waals surface area (Å²) < 4.78 is 0. The molecule has 0 radical (unpaired) electrons. The molecule has 1 unspecified atom stereocenters. The van der Waals surface area contributed by atoms with Gasteiger partial charge in [-0.15, -0.1) is 0 Å². The second-order valence-corrected chi connectivity index (χ2v) is 6.14. The standard InChI is InChI=1S/C17H22N2O2/c20-16(18-14-6-2-3-7-14)10-9-13-11-12-5-1-4-8-15(12)19-17(13)21/h1,4-5,8,13-14H,2-3,6-7,9-11H2,(H,18,20)(H,19,21). The predicted octanol–water partition coefficient (Wildman–Crippen LogP) is 2.64. The summed E-state index contributed by atoms with van der Waals surface area (Å²) in [5.41, 5.74) is 2.08. The molecule has 0 spiro atoms. The summed E-state index contributed by atoms with van der Waals surface area (Å²) in [7, 11) is 0. The molecule has 3 rings (SSSR count). The fourth-order valence-electron chi connectivity index (χ4n) is 3.32. The van der Waals surface area contributed by atoms with Crippen molar-refractivity contribution in [2.75, 3.05) is 5.32 Å². The Bertz CT molecular complexity index is 535. The molecule has 2 N–H and O–H groups in total. The van der Waals surface area contributed by atoms with Gasteiger partial charge in [-0.1, -0.05) is 31.0 Å². The second kappa shape index (κ2) is 6.29. The highest BCUT2D eigenvalue weighted by Crippen LogP contribution is 2.27. The van der Waals surface area contributed by atoms with Gasteiger partial charge in [-0.2, -0.15) is 0 Å². The Balaban J connectivity index is 1.51. The highest BCUT2D eigenvalue weighted by atomic mass is 16.2. The third kappa shape index (κ3) is 3.43. The number of fused-ring (bicyclic) bond motifs is 1. The normalized spacial score (nSPS) is 21.7. The maximum Gasteiger partial charge on any atom is 0.227 e. The average molecular weight is 286 g/mol. The number of nitrogens with one attached hydrogen (secondary N) is 2. The molecule has 4 heteroatoms. The second-order valence-electron chi connectivity index (χ2n) is 6.14. The van der Waals surface area contributed by atoms with Crippen molar-refractivity contribution >= 4 is 17.5 Å². The van der Waals surface area contributed by atoms with Crippen molar-refractivity contribution in [3.63, 3.8) is 0 Å². The first-order valence-electron chi connectivity index (χ1n) is 7.90. The third-order valence-electron chi connectivity index (χ3n) is 4.55. The predicted molar refractivity (Wildman–Crippen MR) is 81.9 cm³/mol. The number of anilines is 1. The van der Waals surface area contributed by atoms with Crippen LogP contribution in [0.25, 0.3) is 0 Å². The third-order valence-corrected chi connectivity index (χ3v) is 4.55. The number of rotatable bonds is 4. The van der Waals surface area contributed by atoms with Crippen LogP contribution in [0.4, 0.5) is 5.69 Å². The number of para-hydroxylation sites is 1. The van der Waals surface area contributed by atoms with Crippen molar-refractivity contribution in [2.24, 2.45) is 5.92 Å². The van der Waals surface area contributed by atoms with Gasteiger partial charge in [0.15, 0.2) is 0 Å². The van der Waals surface area contributed by atoms with E-state index in [4.69, 9.17) is 0 Å². The van der Waals surface area contributed by atoms with Crippen LogP contribution >= 0.6 is 0 Å². The number of hydrogen-bond acceptors (Lipinski definition) is 2. The van der Waals surface area contributed by atoms with Crippen LogP contribution in [-0.4, -0.2) is 17.9 Å². The van der Waals surface area contributed by atoms with Gasteiger partial charge in [0.05, 0.1) is 0 Å². The molecule has 2 aliphatic rings. The molecule has 0 aromatic heterocycles. The van der Waals surface area contributed by atoms with E-state index >= 15 is 0 Å². The quantitative estimate of drug-likeness (QED) is 0.894. The molecule has 112 valence electrons. The van der Waals surface area contributed by atoms with Crippen LogP contribution in [0.2, 0.25) is 0 Å². The maximum absolute atomic E-state index is 12.1. The first-order valence-corrected chi connectivity index (χ1v) is 7.90. The molecule has 0 saturated heterocycles. The van der Waals surface area contributed by atoms with Crippen molar-refractivity contribution in [3.8, 4) is 0 Å². The summed E-state index contributed by atoms with van der Waals surface area (Å²) in [5.74, 6) is 0.0464. The minimum Gasteiger partial charge on any atom is -0.353 e. The van der Waals surface area contributed by atoms with Gasteiger partial charge in [-0.25, -0.2) is 0 Å². The number of carbonyl (C=O) groups excluding carboxylic acids is 2. The first-order chi connectivity index (χ1) is 10.2. The number of benzene rings is 1. The van der Waals surface area contributed by atoms with E-state index in [1.165, 1.54) is 18.4 Å². The summed E-state index contributed by atoms with van der Waals surface area (Å²) in [4.78, 5) is 24.0. The highest BCUT2D eigenvalue weighted by Gasteiger charge is 2.26. The fraction of sp³-hybridized carbons (Fsp3) is 0.529. The van der Waals surface area contributed by atoms with E-state index in [0.717, 1.165) is 24.9 Å². The van der Waals surface area contributed by atoms with Crippen LogP contribution in [-0.2, 0) is 16.0 Å². The van der Waals surface area contributed by atoms with E-state index in [9.17, 15) is 9.59 Å². The molecule has 1 aromatic rings. The van der Waals surface area contributed by atoms with E-state index in [-0.39, 0.29) is 17.7 Å². The maximum atomic E-state index is 12.1. The summed E-state index contributed by atoms with van der Waals surface area (Å²) in [6.45, 7) is 0. The van der Waals surface area contributed by atoms with Gasteiger partial charge in [-0.3, -0.25) is 9.59 Å². The molecule has 1 aromatic carbocycles. The van der Waals surface area contributed by atoms with Crippen LogP contribution in [0.15, 0.2) is 24.3 Å². The lowest BCUT2D eigenvalue weighted by atomic mass is 9.89. The molecule has 2 amide bonds. The zero-order valence-electron chi connectivity index (χ0n) is 12.2. The van der Waals surface area contributed by atoms with Crippen LogP contribution in [0.1, 0.15) is 44.1 Å². The van der Waals surface area contributed by atoms with Crippen LogP contribution in [0, 0.1) is 5.92 Å². The molecule has 4 nitrogen and oxygen atoms in total. The topological polar surface area (TPSA) is 58.2 Å². The Morgan fingerprint density at radius 2 is 2.00 bits per heavy atom. The van der Waals surface area contributed by atoms with Crippen LogP contribution in [0.5, 0.6) is 0 Å². The van der Waals surface area contributed by atoms with Gasteiger partial charge in [-0.05, 0) is 37.3 Å². The van der Waals surface area contributed by atoms with Crippen molar-refractivity contribution in [3.05, 3.63) is 29.8 Å². The van der Waals surface area contributed by atoms with Crippen molar-refractivity contribution in [1.82, 2.24) is 5.32 Å². The van der Waals surface area contributed by atoms with Crippen molar-refractivity contribution in [1.29, 1.82) is 0 Å². The Labute approximate surface area is 125 Å². The van der Waals surface area contributed by atoms with Crippen LogP contribution < -0.4 is 10.6 Å². The smallest absolute Gasteiger partial charge is 0.227 e. The lowest BCUT2D eigenvalue weighted by Gasteiger charge is -2.24. The summed E-state index contributed by atoms with van der Waals surface area (Å²) in [5, 5.41) is 6.02. The Kier molecular flexibility index (Phi) is 4.23. The Morgan fingerprint density at radius 1 is 1.24 bits per heavy atom. The van der Waals surface area contributed by atoms with Gasteiger partial charge in [0, 0.05) is 24.1 Å². The van der Waals surface area contributed by atoms with E-state index in [1.54, 1.807) is 0 Å². The SMILES string of the molecule is O=C(CCC1Cc2ccccc2NC1=O)NC1CCCC1. The zero-order chi connectivity index (χ0) is 14.7. The average Bonchev–Trinajstić information content (AvgIpc) is 2.98. The zero-order valence-corrected chi connectivity index (χ0v) is 12.2. The number of carbonyl (C=O) groups is 2. The van der Waals surface area contributed by atoms with Gasteiger partial charge in [0.2, 0.25) is 11.8 Å². The Hall–Kier alpha value is -1.84. The molecule has 1 fully saturated rings. The number of amides is 2. The van der Waals surface area contributed by atoms with E-state index in [2.05, 4.69) is 10.6 Å². The Morgan fingerprint density at radius 3 is 2.81 bits per heavy atom. The van der Waals surface area contributed by atoms with Crippen molar-refractivity contribution < 1.29 is 9.59 Å². The molecule has 1 atom stereocenters. The fourth-order valence-corrected chi connectivity index (χ4v) is 3.32. The van der Waals surface area contributed by atoms with Gasteiger partial charge in [0.1, 0.15) is 0 Å². The van der Waals surface area contributed by atoms with Gasteiger partial charge < -0.3 is 10.6 Å². The molecule has 21 heavy (non-hydrogen) atoms.